The van der Waals surface area contributed by atoms with Gasteiger partial charge in [-0.15, -0.1) is 0 Å². The molecule has 5 heteroatoms. The number of aromatic nitrogens is 2. The van der Waals surface area contributed by atoms with E-state index in [4.69, 9.17) is 7.96 Å². The summed E-state index contributed by atoms with van der Waals surface area (Å²) in [7, 11) is 0. The number of aryl methyl sites for hydroxylation is 2. The molecule has 3 heterocycles. The minimum absolute atomic E-state index is 0.0515. The van der Waals surface area contributed by atoms with Crippen LogP contribution in [0.25, 0.3) is 43.7 Å². The number of thiophene rings is 2. The van der Waals surface area contributed by atoms with Crippen LogP contribution in [0.15, 0.2) is 36.4 Å². The molecule has 0 N–H and O–H groups in total. The van der Waals surface area contributed by atoms with Crippen molar-refractivity contribution < 1.29 is 0 Å². The van der Waals surface area contributed by atoms with Crippen LogP contribution in [-0.2, 0) is 10.8 Å². The summed E-state index contributed by atoms with van der Waals surface area (Å²) in [5, 5.41) is 0. The Morgan fingerprint density at radius 2 is 0.548 bits per heavy atom. The molecule has 2 aliphatic rings. The fourth-order valence-corrected chi connectivity index (χ4v) is 21.2. The Labute approximate surface area is 590 Å². The zero-order valence-corrected chi connectivity index (χ0v) is 65.4. The van der Waals surface area contributed by atoms with Gasteiger partial charge in [0.25, 0.3) is 0 Å². The quantitative estimate of drug-likeness (QED) is 0.0286. The Bertz CT molecular complexity index is 2630. The van der Waals surface area contributed by atoms with Crippen LogP contribution in [0.3, 0.4) is 0 Å². The number of unbranched alkanes of at least 4 members (excludes halogenated alkanes) is 52. The van der Waals surface area contributed by atoms with Gasteiger partial charge >= 0.3 is 260 Å². The normalized spacial score (nSPS) is 13.7. The van der Waals surface area contributed by atoms with E-state index in [0.29, 0.717) is 0 Å². The number of hydrogen-bond acceptors (Lipinski definition) is 4. The second-order valence-electron chi connectivity index (χ2n) is 30.8. The van der Waals surface area contributed by atoms with E-state index in [2.05, 4.69) is 101 Å². The molecule has 0 radical (unpaired) electrons. The van der Waals surface area contributed by atoms with Crippen LogP contribution in [0.1, 0.15) is 444 Å². The van der Waals surface area contributed by atoms with Gasteiger partial charge in [0.1, 0.15) is 0 Å². The van der Waals surface area contributed by atoms with Crippen molar-refractivity contribution >= 4 is 48.7 Å². The first kappa shape index (κ1) is 78.3. The molecular formula is C88H144N2S2Se. The molecule has 0 unspecified atom stereocenters. The zero-order chi connectivity index (χ0) is 65.3. The zero-order valence-electron chi connectivity index (χ0n) is 62.0. The van der Waals surface area contributed by atoms with Crippen LogP contribution in [0.5, 0.6) is 0 Å². The van der Waals surface area contributed by atoms with E-state index in [1.54, 1.807) is 43.1 Å². The van der Waals surface area contributed by atoms with Gasteiger partial charge in [0.15, 0.2) is 0 Å². The van der Waals surface area contributed by atoms with Gasteiger partial charge in [-0.25, -0.2) is 0 Å². The van der Waals surface area contributed by atoms with Crippen LogP contribution in [0.4, 0.5) is 0 Å². The van der Waals surface area contributed by atoms with Crippen LogP contribution in [0.2, 0.25) is 0 Å². The second-order valence-corrected chi connectivity index (χ2v) is 34.3. The van der Waals surface area contributed by atoms with Gasteiger partial charge in [-0.3, -0.25) is 0 Å². The second kappa shape index (κ2) is 47.1. The van der Waals surface area contributed by atoms with Gasteiger partial charge in [0, 0.05) is 4.88 Å². The van der Waals surface area contributed by atoms with Crippen molar-refractivity contribution in [2.75, 3.05) is 0 Å². The minimum atomic E-state index is -0.0523. The molecule has 2 aliphatic carbocycles. The Morgan fingerprint density at radius 3 is 0.860 bits per heavy atom. The van der Waals surface area contributed by atoms with Gasteiger partial charge in [-0.05, 0) is 6.92 Å². The van der Waals surface area contributed by atoms with Crippen LogP contribution < -0.4 is 0 Å². The van der Waals surface area contributed by atoms with Crippen molar-refractivity contribution in [2.24, 2.45) is 0 Å². The third-order valence-corrected chi connectivity index (χ3v) is 26.7. The molecule has 0 bridgehead atoms. The Kier molecular flexibility index (Phi) is 39.6. The van der Waals surface area contributed by atoms with Crippen LogP contribution in [0, 0.1) is 13.8 Å². The fraction of sp³-hybridized carbons (Fsp3) is 0.773. The van der Waals surface area contributed by atoms with Gasteiger partial charge in [0.2, 0.25) is 0 Å². The molecule has 0 fully saturated rings. The first-order chi connectivity index (χ1) is 45.9. The Morgan fingerprint density at radius 1 is 0.280 bits per heavy atom. The monoisotopic (exact) mass is 1370 g/mol. The van der Waals surface area contributed by atoms with Gasteiger partial charge in [-0.1, -0.05) is 323 Å². The van der Waals surface area contributed by atoms with E-state index in [0.717, 1.165) is 5.52 Å². The van der Waals surface area contributed by atoms with Crippen LogP contribution in [-0.4, -0.2) is 22.9 Å². The third kappa shape index (κ3) is 25.6. The van der Waals surface area contributed by atoms with E-state index in [9.17, 15) is 0 Å². The Balaban J connectivity index is 1.13. The molecule has 0 saturated carbocycles. The summed E-state index contributed by atoms with van der Waals surface area (Å²) in [6.45, 7) is 14.0. The number of hydrogen-bond donors (Lipinski definition) is 0. The molecule has 0 saturated heterocycles. The van der Waals surface area contributed by atoms with Gasteiger partial charge in [-0.2, -0.15) is 0 Å². The Hall–Kier alpha value is -2.04. The number of nitrogens with zero attached hydrogens (tertiary/aromatic N) is 2. The van der Waals surface area contributed by atoms with E-state index in [1.807, 2.05) is 0 Å². The van der Waals surface area contributed by atoms with Gasteiger partial charge in [0.05, 0.1) is 0 Å². The predicted octanol–water partition coefficient (Wildman–Crippen LogP) is 31.1. The van der Waals surface area contributed by atoms with E-state index >= 15 is 0 Å². The first-order valence-corrected chi connectivity index (χ1v) is 44.8. The maximum absolute atomic E-state index is 5.19. The van der Waals surface area contributed by atoms with Crippen molar-refractivity contribution in [3.63, 3.8) is 0 Å². The molecule has 7 rings (SSSR count). The topological polar surface area (TPSA) is 25.8 Å². The summed E-state index contributed by atoms with van der Waals surface area (Å²) in [5.41, 5.74) is 15.0. The number of fused-ring (bicyclic) bond motifs is 7. The molecule has 93 heavy (non-hydrogen) atoms. The van der Waals surface area contributed by atoms with E-state index in [1.165, 1.54) is 412 Å². The maximum atomic E-state index is 5.19. The summed E-state index contributed by atoms with van der Waals surface area (Å²) in [6, 6.07) is 16.0. The predicted molar refractivity (Wildman–Crippen MR) is 419 cm³/mol. The third-order valence-electron chi connectivity index (χ3n) is 22.9. The molecule has 2 nitrogen and oxygen atoms in total. The van der Waals surface area contributed by atoms with E-state index in [-0.39, 0.29) is 25.8 Å². The molecule has 0 amide bonds. The average Bonchev–Trinajstić information content (AvgIpc) is 1.53. The van der Waals surface area contributed by atoms with Crippen molar-refractivity contribution in [2.45, 2.75) is 438 Å². The molecule has 0 aliphatic heterocycles. The van der Waals surface area contributed by atoms with Crippen molar-refractivity contribution in [1.82, 2.24) is 7.96 Å². The molecule has 0 atom stereocenters. The summed E-state index contributed by atoms with van der Waals surface area (Å²) < 4.78 is 10.2. The van der Waals surface area contributed by atoms with Gasteiger partial charge < -0.3 is 0 Å². The first-order valence-electron chi connectivity index (χ1n) is 41.6. The van der Waals surface area contributed by atoms with Crippen molar-refractivity contribution in [3.8, 4) is 32.7 Å². The molecule has 3 aromatic heterocycles. The summed E-state index contributed by atoms with van der Waals surface area (Å²) in [6.07, 6.45) is 84.7. The fourth-order valence-electron chi connectivity index (χ4n) is 17.1. The average molecular weight is 1370 g/mol. The summed E-state index contributed by atoms with van der Waals surface area (Å²) >= 11 is 4.33. The SMILES string of the molecule is CCCCCCCCCCCCCCCCC1(CCCCCCCCCCCCCCCC)c2cc3c(cc2-c2cc(C)sc21)C(CCCCCCCCCCCCCCCC)(CCCCCCCCCCCCCCCC)c1sc(-c2ccc(C)c4n[se]nc24)cc1-3. The molecule has 0 spiro atoms. The number of benzene rings is 2. The molecular weight excluding hydrogens is 1230 g/mol. The summed E-state index contributed by atoms with van der Waals surface area (Å²) in [4.78, 5) is 6.43. The van der Waals surface area contributed by atoms with E-state index < -0.39 is 0 Å². The van der Waals surface area contributed by atoms with Crippen LogP contribution >= 0.6 is 22.7 Å². The number of rotatable bonds is 61. The van der Waals surface area contributed by atoms with Crippen molar-refractivity contribution in [1.29, 1.82) is 0 Å². The molecule has 2 aromatic carbocycles. The molecule has 524 valence electrons. The standard InChI is InChI=1S/C88H144N2S2Se/c1-7-11-15-19-23-27-31-35-39-43-47-51-55-59-65-87(66-60-56-52-48-44-40-36-32-28-24-20-16-12-8-2)80-71-77-79-72-82(75-64-63-73(5)83-84(75)90-93-89-83)92-86(79)88(81(77)70-76(80)78-69-74(6)91-85(78)87,67-61-57-53-49-45-41-37-33-29-25-21-17-13-9-3)68-62-58-54-50-46-42-38-34-30-26-22-18-14-10-4/h63-64,69-72H,7-62,65-68H2,1-6H3. The molecule has 5 aromatic rings. The van der Waals surface area contributed by atoms with Crippen molar-refractivity contribution in [3.05, 3.63) is 67.7 Å². The summed E-state index contributed by atoms with van der Waals surface area (Å²) in [5.74, 6) is 0.